The lowest BCUT2D eigenvalue weighted by atomic mass is 9.95. The second-order valence-corrected chi connectivity index (χ2v) is 6.11. The SMILES string of the molecule is CCNC(C)(CN1CCC(C(C)C)C1)C(=O)OCC. The maximum atomic E-state index is 12.1. The molecule has 0 aliphatic carbocycles. The van der Waals surface area contributed by atoms with Crippen molar-refractivity contribution in [3.8, 4) is 0 Å². The molecule has 112 valence electrons. The number of hydrogen-bond donors (Lipinski definition) is 1. The Labute approximate surface area is 117 Å². The van der Waals surface area contributed by atoms with E-state index in [0.29, 0.717) is 6.61 Å². The van der Waals surface area contributed by atoms with Crippen molar-refractivity contribution in [3.63, 3.8) is 0 Å². The van der Waals surface area contributed by atoms with E-state index in [1.165, 1.54) is 6.42 Å². The average Bonchev–Trinajstić information content (AvgIpc) is 2.78. The van der Waals surface area contributed by atoms with Crippen LogP contribution in [0.15, 0.2) is 0 Å². The summed E-state index contributed by atoms with van der Waals surface area (Å²) in [6.07, 6.45) is 1.24. The van der Waals surface area contributed by atoms with E-state index < -0.39 is 5.54 Å². The summed E-state index contributed by atoms with van der Waals surface area (Å²) >= 11 is 0. The summed E-state index contributed by atoms with van der Waals surface area (Å²) in [7, 11) is 0. The number of ether oxygens (including phenoxy) is 1. The maximum Gasteiger partial charge on any atom is 0.327 e. The van der Waals surface area contributed by atoms with Gasteiger partial charge in [0.25, 0.3) is 0 Å². The van der Waals surface area contributed by atoms with E-state index in [2.05, 4.69) is 24.1 Å². The van der Waals surface area contributed by atoms with Gasteiger partial charge >= 0.3 is 5.97 Å². The zero-order valence-electron chi connectivity index (χ0n) is 13.2. The first-order chi connectivity index (χ1) is 8.92. The van der Waals surface area contributed by atoms with Crippen LogP contribution >= 0.6 is 0 Å². The van der Waals surface area contributed by atoms with Crippen molar-refractivity contribution >= 4 is 5.97 Å². The Morgan fingerprint density at radius 2 is 2.16 bits per heavy atom. The van der Waals surface area contributed by atoms with Gasteiger partial charge in [0.1, 0.15) is 5.54 Å². The van der Waals surface area contributed by atoms with E-state index in [9.17, 15) is 4.79 Å². The van der Waals surface area contributed by atoms with Gasteiger partial charge in [-0.3, -0.25) is 4.79 Å². The fraction of sp³-hybridized carbons (Fsp3) is 0.933. The Kier molecular flexibility index (Phi) is 6.27. The second-order valence-electron chi connectivity index (χ2n) is 6.11. The van der Waals surface area contributed by atoms with Crippen molar-refractivity contribution in [1.82, 2.24) is 10.2 Å². The van der Waals surface area contributed by atoms with Gasteiger partial charge in [0.05, 0.1) is 6.61 Å². The number of likely N-dealkylation sites (tertiary alicyclic amines) is 1. The maximum absolute atomic E-state index is 12.1. The van der Waals surface area contributed by atoms with Crippen molar-refractivity contribution < 1.29 is 9.53 Å². The molecule has 1 heterocycles. The molecule has 1 aliphatic heterocycles. The number of nitrogens with one attached hydrogen (secondary N) is 1. The molecule has 0 aromatic rings. The van der Waals surface area contributed by atoms with Gasteiger partial charge in [0.2, 0.25) is 0 Å². The fourth-order valence-corrected chi connectivity index (χ4v) is 2.87. The molecular weight excluding hydrogens is 240 g/mol. The van der Waals surface area contributed by atoms with Crippen molar-refractivity contribution in [2.45, 2.75) is 46.6 Å². The molecule has 2 atom stereocenters. The third-order valence-electron chi connectivity index (χ3n) is 4.08. The molecule has 0 amide bonds. The van der Waals surface area contributed by atoms with Gasteiger partial charge in [-0.2, -0.15) is 0 Å². The molecule has 1 aliphatic rings. The van der Waals surface area contributed by atoms with Gasteiger partial charge in [0, 0.05) is 13.1 Å². The first-order valence-electron chi connectivity index (χ1n) is 7.57. The molecule has 1 rings (SSSR count). The van der Waals surface area contributed by atoms with Crippen LogP contribution in [-0.4, -0.2) is 49.2 Å². The lowest BCUT2D eigenvalue weighted by molar-refractivity contribution is -0.151. The van der Waals surface area contributed by atoms with Gasteiger partial charge in [-0.1, -0.05) is 20.8 Å². The molecule has 1 fully saturated rings. The minimum Gasteiger partial charge on any atom is -0.465 e. The Hall–Kier alpha value is -0.610. The smallest absolute Gasteiger partial charge is 0.327 e. The van der Waals surface area contributed by atoms with Crippen LogP contribution in [0.1, 0.15) is 41.0 Å². The van der Waals surface area contributed by atoms with Crippen molar-refractivity contribution in [1.29, 1.82) is 0 Å². The molecule has 0 spiro atoms. The highest BCUT2D eigenvalue weighted by Crippen LogP contribution is 2.25. The first-order valence-corrected chi connectivity index (χ1v) is 7.57. The Balaban J connectivity index is 2.61. The number of carbonyl (C=O) groups excluding carboxylic acids is 1. The van der Waals surface area contributed by atoms with E-state index in [1.54, 1.807) is 0 Å². The number of nitrogens with zero attached hydrogens (tertiary/aromatic N) is 1. The normalized spacial score (nSPS) is 23.6. The zero-order chi connectivity index (χ0) is 14.5. The van der Waals surface area contributed by atoms with E-state index in [4.69, 9.17) is 4.74 Å². The number of esters is 1. The molecular formula is C15H30N2O2. The topological polar surface area (TPSA) is 41.6 Å². The van der Waals surface area contributed by atoms with Gasteiger partial charge in [0.15, 0.2) is 0 Å². The van der Waals surface area contributed by atoms with Crippen LogP contribution in [0.4, 0.5) is 0 Å². The third kappa shape index (κ3) is 4.46. The second kappa shape index (κ2) is 7.25. The lowest BCUT2D eigenvalue weighted by Crippen LogP contribution is -2.57. The highest BCUT2D eigenvalue weighted by Gasteiger charge is 2.38. The largest absolute Gasteiger partial charge is 0.465 e. The lowest BCUT2D eigenvalue weighted by Gasteiger charge is -2.32. The van der Waals surface area contributed by atoms with Crippen LogP contribution in [0, 0.1) is 11.8 Å². The molecule has 1 N–H and O–H groups in total. The third-order valence-corrected chi connectivity index (χ3v) is 4.08. The summed E-state index contributed by atoms with van der Waals surface area (Å²) in [6, 6.07) is 0. The number of carbonyl (C=O) groups is 1. The summed E-state index contributed by atoms with van der Waals surface area (Å²) in [5.74, 6) is 1.34. The van der Waals surface area contributed by atoms with Crippen LogP contribution in [0.3, 0.4) is 0 Å². The Morgan fingerprint density at radius 3 is 2.63 bits per heavy atom. The summed E-state index contributed by atoms with van der Waals surface area (Å²) in [4.78, 5) is 14.5. The predicted octanol–water partition coefficient (Wildman–Crippen LogP) is 1.90. The number of rotatable bonds is 7. The molecule has 1 saturated heterocycles. The van der Waals surface area contributed by atoms with E-state index in [0.717, 1.165) is 38.0 Å². The highest BCUT2D eigenvalue weighted by atomic mass is 16.5. The van der Waals surface area contributed by atoms with Crippen LogP contribution in [0.25, 0.3) is 0 Å². The average molecular weight is 270 g/mol. The summed E-state index contributed by atoms with van der Waals surface area (Å²) in [5, 5.41) is 3.30. The monoisotopic (exact) mass is 270 g/mol. The van der Waals surface area contributed by atoms with E-state index >= 15 is 0 Å². The Bertz CT molecular complexity index is 294. The molecule has 0 bridgehead atoms. The number of hydrogen-bond acceptors (Lipinski definition) is 4. The number of likely N-dealkylation sites (N-methyl/N-ethyl adjacent to an activating group) is 1. The predicted molar refractivity (Wildman–Crippen MR) is 78.1 cm³/mol. The van der Waals surface area contributed by atoms with Crippen LogP contribution in [0.5, 0.6) is 0 Å². The molecule has 0 saturated carbocycles. The van der Waals surface area contributed by atoms with Gasteiger partial charge in [-0.15, -0.1) is 0 Å². The minimum absolute atomic E-state index is 0.134. The minimum atomic E-state index is -0.587. The van der Waals surface area contributed by atoms with Crippen LogP contribution in [0.2, 0.25) is 0 Å². The quantitative estimate of drug-likeness (QED) is 0.717. The van der Waals surface area contributed by atoms with Gasteiger partial charge < -0.3 is 15.0 Å². The molecule has 2 unspecified atom stereocenters. The zero-order valence-corrected chi connectivity index (χ0v) is 13.2. The van der Waals surface area contributed by atoms with E-state index in [1.807, 2.05) is 20.8 Å². The van der Waals surface area contributed by atoms with Crippen LogP contribution in [-0.2, 0) is 9.53 Å². The standard InChI is InChI=1S/C15H30N2O2/c1-6-16-15(5,14(18)19-7-2)11-17-9-8-13(10-17)12(3)4/h12-13,16H,6-11H2,1-5H3. The Morgan fingerprint density at radius 1 is 1.47 bits per heavy atom. The molecule has 0 aromatic heterocycles. The highest BCUT2D eigenvalue weighted by molar-refractivity contribution is 5.80. The van der Waals surface area contributed by atoms with Crippen LogP contribution < -0.4 is 5.32 Å². The molecule has 0 aromatic carbocycles. The van der Waals surface area contributed by atoms with Gasteiger partial charge in [-0.05, 0) is 45.2 Å². The summed E-state index contributed by atoms with van der Waals surface area (Å²) < 4.78 is 5.22. The van der Waals surface area contributed by atoms with Crippen molar-refractivity contribution in [3.05, 3.63) is 0 Å². The molecule has 19 heavy (non-hydrogen) atoms. The van der Waals surface area contributed by atoms with E-state index in [-0.39, 0.29) is 5.97 Å². The fourth-order valence-electron chi connectivity index (χ4n) is 2.87. The van der Waals surface area contributed by atoms with Gasteiger partial charge in [-0.25, -0.2) is 0 Å². The van der Waals surface area contributed by atoms with Crippen molar-refractivity contribution in [2.24, 2.45) is 11.8 Å². The first kappa shape index (κ1) is 16.4. The van der Waals surface area contributed by atoms with Crippen molar-refractivity contribution in [2.75, 3.05) is 32.8 Å². The summed E-state index contributed by atoms with van der Waals surface area (Å²) in [5.41, 5.74) is -0.587. The summed E-state index contributed by atoms with van der Waals surface area (Å²) in [6.45, 7) is 14.5. The molecule has 4 nitrogen and oxygen atoms in total. The molecule has 4 heteroatoms. The molecule has 0 radical (unpaired) electrons.